The summed E-state index contributed by atoms with van der Waals surface area (Å²) in [5.74, 6) is 1.31. The molecule has 0 fully saturated rings. The highest BCUT2D eigenvalue weighted by atomic mass is 16.5. The van der Waals surface area contributed by atoms with Gasteiger partial charge in [0.25, 0.3) is 5.95 Å². The summed E-state index contributed by atoms with van der Waals surface area (Å²) in [7, 11) is 0. The third-order valence-corrected chi connectivity index (χ3v) is 1.46. The molecule has 0 saturated heterocycles. The van der Waals surface area contributed by atoms with Crippen LogP contribution in [0.5, 0.6) is 0 Å². The third-order valence-electron chi connectivity index (χ3n) is 1.46. The highest BCUT2D eigenvalue weighted by Gasteiger charge is 2.04. The van der Waals surface area contributed by atoms with Crippen molar-refractivity contribution in [2.45, 2.75) is 6.54 Å². The van der Waals surface area contributed by atoms with Crippen LogP contribution in [0, 0.1) is 0 Å². The largest absolute Gasteiger partial charge is 0.336 e. The molecule has 0 aliphatic heterocycles. The Morgan fingerprint density at radius 2 is 2.43 bits per heavy atom. The molecule has 0 bridgehead atoms. The smallest absolute Gasteiger partial charge is 0.269 e. The van der Waals surface area contributed by atoms with Gasteiger partial charge in [-0.05, 0) is 11.2 Å². The first-order valence-corrected chi connectivity index (χ1v) is 3.94. The van der Waals surface area contributed by atoms with Crippen LogP contribution in [-0.2, 0) is 6.54 Å². The Morgan fingerprint density at radius 3 is 3.07 bits per heavy atom. The molecule has 14 heavy (non-hydrogen) atoms. The van der Waals surface area contributed by atoms with Gasteiger partial charge in [0, 0.05) is 6.20 Å². The van der Waals surface area contributed by atoms with Gasteiger partial charge in [-0.15, -0.1) is 0 Å². The fraction of sp³-hybridized carbons (Fsp3) is 0.143. The monoisotopic (exact) mass is 192 g/mol. The van der Waals surface area contributed by atoms with Gasteiger partial charge in [-0.2, -0.15) is 4.98 Å². The van der Waals surface area contributed by atoms with E-state index in [-0.39, 0.29) is 6.54 Å². The summed E-state index contributed by atoms with van der Waals surface area (Å²) in [4.78, 5) is 11.7. The Bertz CT molecular complexity index is 400. The molecule has 7 nitrogen and oxygen atoms in total. The standard InChI is InChI=1S/C7H8N6O/c8-3-6-12-7(13-14-6)11-5-1-2-9-4-10-5/h1-2,4H,3,8H2,(H,9,10,11,13). The molecule has 0 aromatic carbocycles. The number of hydrogen-bond donors (Lipinski definition) is 2. The van der Waals surface area contributed by atoms with E-state index in [1.54, 1.807) is 12.3 Å². The van der Waals surface area contributed by atoms with E-state index in [2.05, 4.69) is 25.4 Å². The topological polar surface area (TPSA) is 103 Å². The maximum absolute atomic E-state index is 5.31. The van der Waals surface area contributed by atoms with Crippen molar-refractivity contribution in [1.82, 2.24) is 20.1 Å². The summed E-state index contributed by atoms with van der Waals surface area (Å²) in [6.07, 6.45) is 3.03. The number of hydrogen-bond acceptors (Lipinski definition) is 7. The SMILES string of the molecule is NCc1nc(Nc2ccncn2)no1. The molecule has 2 aromatic heterocycles. The Kier molecular flexibility index (Phi) is 2.32. The highest BCUT2D eigenvalue weighted by molar-refractivity contribution is 5.45. The summed E-state index contributed by atoms with van der Waals surface area (Å²) >= 11 is 0. The van der Waals surface area contributed by atoms with Crippen molar-refractivity contribution in [3.05, 3.63) is 24.5 Å². The minimum absolute atomic E-state index is 0.221. The molecule has 3 N–H and O–H groups in total. The van der Waals surface area contributed by atoms with Crippen molar-refractivity contribution in [3.63, 3.8) is 0 Å². The van der Waals surface area contributed by atoms with Crippen molar-refractivity contribution >= 4 is 11.8 Å². The zero-order valence-corrected chi connectivity index (χ0v) is 7.21. The van der Waals surface area contributed by atoms with Crippen molar-refractivity contribution in [2.24, 2.45) is 5.73 Å². The molecular weight excluding hydrogens is 184 g/mol. The number of aromatic nitrogens is 4. The van der Waals surface area contributed by atoms with Gasteiger partial charge in [0.05, 0.1) is 6.54 Å². The molecule has 0 unspecified atom stereocenters. The molecule has 0 spiro atoms. The predicted molar refractivity (Wildman–Crippen MR) is 47.5 cm³/mol. The summed E-state index contributed by atoms with van der Waals surface area (Å²) in [6.45, 7) is 0.221. The molecule has 0 aliphatic carbocycles. The average Bonchev–Trinajstić information content (AvgIpc) is 2.67. The molecule has 0 atom stereocenters. The average molecular weight is 192 g/mol. The van der Waals surface area contributed by atoms with Crippen LogP contribution in [0.3, 0.4) is 0 Å². The van der Waals surface area contributed by atoms with E-state index in [0.29, 0.717) is 17.7 Å². The van der Waals surface area contributed by atoms with E-state index in [9.17, 15) is 0 Å². The summed E-state index contributed by atoms with van der Waals surface area (Å²) in [5, 5.41) is 6.48. The maximum atomic E-state index is 5.31. The number of anilines is 2. The van der Waals surface area contributed by atoms with Gasteiger partial charge in [-0.25, -0.2) is 9.97 Å². The van der Waals surface area contributed by atoms with Gasteiger partial charge in [-0.1, -0.05) is 0 Å². The van der Waals surface area contributed by atoms with Gasteiger partial charge >= 0.3 is 0 Å². The highest BCUT2D eigenvalue weighted by Crippen LogP contribution is 2.08. The lowest BCUT2D eigenvalue weighted by Gasteiger charge is -1.96. The van der Waals surface area contributed by atoms with Crippen molar-refractivity contribution < 1.29 is 4.52 Å². The lowest BCUT2D eigenvalue weighted by Crippen LogP contribution is -1.98. The number of nitrogens with two attached hydrogens (primary N) is 1. The molecule has 0 aliphatic rings. The lowest BCUT2D eigenvalue weighted by molar-refractivity contribution is 0.381. The van der Waals surface area contributed by atoms with E-state index in [1.165, 1.54) is 6.33 Å². The van der Waals surface area contributed by atoms with Crippen LogP contribution in [0.15, 0.2) is 23.1 Å². The van der Waals surface area contributed by atoms with Crippen molar-refractivity contribution in [1.29, 1.82) is 0 Å². The van der Waals surface area contributed by atoms with Crippen LogP contribution in [0.1, 0.15) is 5.89 Å². The van der Waals surface area contributed by atoms with Crippen LogP contribution in [-0.4, -0.2) is 20.1 Å². The Balaban J connectivity index is 2.11. The quantitative estimate of drug-likeness (QED) is 0.708. The minimum atomic E-state index is 0.221. The second-order valence-electron chi connectivity index (χ2n) is 2.44. The first kappa shape index (κ1) is 8.57. The van der Waals surface area contributed by atoms with Crippen LogP contribution < -0.4 is 11.1 Å². The van der Waals surface area contributed by atoms with Crippen LogP contribution in [0.4, 0.5) is 11.8 Å². The van der Waals surface area contributed by atoms with E-state index in [0.717, 1.165) is 0 Å². The van der Waals surface area contributed by atoms with Gasteiger partial charge < -0.3 is 15.6 Å². The fourth-order valence-electron chi connectivity index (χ4n) is 0.868. The molecule has 0 amide bonds. The molecule has 72 valence electrons. The minimum Gasteiger partial charge on any atom is -0.336 e. The molecule has 2 aromatic rings. The first-order valence-electron chi connectivity index (χ1n) is 3.94. The predicted octanol–water partition coefficient (Wildman–Crippen LogP) is 0.0619. The molecule has 0 saturated carbocycles. The number of nitrogens with one attached hydrogen (secondary N) is 1. The van der Waals surface area contributed by atoms with Crippen molar-refractivity contribution in [3.8, 4) is 0 Å². The van der Waals surface area contributed by atoms with Crippen LogP contribution in [0.25, 0.3) is 0 Å². The number of rotatable bonds is 3. The summed E-state index contributed by atoms with van der Waals surface area (Å²) in [6, 6.07) is 1.69. The second kappa shape index (κ2) is 3.79. The summed E-state index contributed by atoms with van der Waals surface area (Å²) < 4.78 is 4.79. The zero-order valence-electron chi connectivity index (χ0n) is 7.21. The molecule has 2 heterocycles. The van der Waals surface area contributed by atoms with Crippen molar-refractivity contribution in [2.75, 3.05) is 5.32 Å². The zero-order chi connectivity index (χ0) is 9.80. The molecule has 7 heteroatoms. The number of nitrogens with zero attached hydrogens (tertiary/aromatic N) is 4. The normalized spacial score (nSPS) is 10.1. The van der Waals surface area contributed by atoms with Gasteiger partial charge in [0.15, 0.2) is 0 Å². The molecular formula is C7H8N6O. The Labute approximate surface area is 79.4 Å². The summed E-state index contributed by atoms with van der Waals surface area (Å²) in [5.41, 5.74) is 5.31. The van der Waals surface area contributed by atoms with Gasteiger partial charge in [0.2, 0.25) is 5.89 Å². The van der Waals surface area contributed by atoms with Crippen LogP contribution >= 0.6 is 0 Å². The van der Waals surface area contributed by atoms with Crippen LogP contribution in [0.2, 0.25) is 0 Å². The van der Waals surface area contributed by atoms with Gasteiger partial charge in [-0.3, -0.25) is 0 Å². The van der Waals surface area contributed by atoms with E-state index in [1.807, 2.05) is 0 Å². The maximum Gasteiger partial charge on any atom is 0.269 e. The van der Waals surface area contributed by atoms with Gasteiger partial charge in [0.1, 0.15) is 12.1 Å². The molecule has 0 radical (unpaired) electrons. The first-order chi connectivity index (χ1) is 6.88. The molecule has 2 rings (SSSR count). The lowest BCUT2D eigenvalue weighted by atomic mass is 10.6. The fourth-order valence-corrected chi connectivity index (χ4v) is 0.868. The van der Waals surface area contributed by atoms with E-state index in [4.69, 9.17) is 10.3 Å². The Hall–Kier alpha value is -2.02. The third kappa shape index (κ3) is 1.83. The van der Waals surface area contributed by atoms with E-state index >= 15 is 0 Å². The Morgan fingerprint density at radius 1 is 1.50 bits per heavy atom. The second-order valence-corrected chi connectivity index (χ2v) is 2.44. The van der Waals surface area contributed by atoms with E-state index < -0.39 is 0 Å².